The van der Waals surface area contributed by atoms with E-state index in [1.165, 1.54) is 0 Å². The molecule has 0 atom stereocenters. The maximum atomic E-state index is 11.1. The van der Waals surface area contributed by atoms with Gasteiger partial charge in [-0.05, 0) is 11.5 Å². The van der Waals surface area contributed by atoms with Crippen molar-refractivity contribution in [3.63, 3.8) is 0 Å². The minimum atomic E-state index is -0.242. The average molecular weight is 252 g/mol. The van der Waals surface area contributed by atoms with Crippen molar-refractivity contribution < 1.29 is 4.79 Å². The molecule has 1 aromatic carbocycles. The minimum Gasteiger partial charge on any atom is -0.341 e. The van der Waals surface area contributed by atoms with Crippen molar-refractivity contribution in [3.8, 4) is 11.8 Å². The van der Waals surface area contributed by atoms with Crippen molar-refractivity contribution in [2.24, 2.45) is 0 Å². The summed E-state index contributed by atoms with van der Waals surface area (Å²) in [4.78, 5) is 11.1. The van der Waals surface area contributed by atoms with Crippen LogP contribution < -0.4 is 5.32 Å². The molecule has 0 aliphatic rings. The van der Waals surface area contributed by atoms with Crippen LogP contribution in [0.2, 0.25) is 0 Å². The van der Waals surface area contributed by atoms with Crippen LogP contribution in [0, 0.1) is 11.8 Å². The van der Waals surface area contributed by atoms with Crippen molar-refractivity contribution in [2.45, 2.75) is 6.54 Å². The first kappa shape index (κ1) is 10.8. The Balaban J connectivity index is 2.38. The van der Waals surface area contributed by atoms with Crippen LogP contribution in [0.1, 0.15) is 5.56 Å². The number of rotatable bonds is 2. The fourth-order valence-corrected chi connectivity index (χ4v) is 1.08. The van der Waals surface area contributed by atoms with Crippen molar-refractivity contribution in [1.29, 1.82) is 0 Å². The highest BCUT2D eigenvalue weighted by Crippen LogP contribution is 1.96. The molecule has 0 bridgehead atoms. The van der Waals surface area contributed by atoms with Gasteiger partial charge in [-0.2, -0.15) is 0 Å². The molecule has 0 radical (unpaired) electrons. The topological polar surface area (TPSA) is 29.1 Å². The summed E-state index contributed by atoms with van der Waals surface area (Å²) in [6.45, 7) is 0.524. The third kappa shape index (κ3) is 4.11. The molecule has 0 spiro atoms. The molecule has 2 nitrogen and oxygen atoms in total. The van der Waals surface area contributed by atoms with Gasteiger partial charge in [-0.25, -0.2) is 0 Å². The summed E-state index contributed by atoms with van der Waals surface area (Å²) in [5, 5.41) is 3.22. The van der Waals surface area contributed by atoms with E-state index in [0.29, 0.717) is 11.9 Å². The van der Waals surface area contributed by atoms with Gasteiger partial charge in [0.25, 0.3) is 5.91 Å². The summed E-state index contributed by atoms with van der Waals surface area (Å²) in [6, 6.07) is 9.73. The van der Waals surface area contributed by atoms with Crippen LogP contribution in [-0.4, -0.2) is 11.2 Å². The monoisotopic (exact) mass is 251 g/mol. The largest absolute Gasteiger partial charge is 0.341 e. The van der Waals surface area contributed by atoms with E-state index in [9.17, 15) is 4.79 Å². The molecule has 72 valence electrons. The summed E-state index contributed by atoms with van der Waals surface area (Å²) in [7, 11) is 0. The Morgan fingerprint density at radius 1 is 1.36 bits per heavy atom. The van der Waals surface area contributed by atoms with Gasteiger partial charge in [-0.3, -0.25) is 4.79 Å². The Morgan fingerprint density at radius 2 is 2.07 bits per heavy atom. The normalized spacial score (nSPS) is 8.64. The van der Waals surface area contributed by atoms with E-state index in [4.69, 9.17) is 0 Å². The predicted octanol–water partition coefficient (Wildman–Crippen LogP) is 1.70. The molecule has 1 rings (SSSR count). The van der Waals surface area contributed by atoms with Gasteiger partial charge in [0.1, 0.15) is 0 Å². The summed E-state index contributed by atoms with van der Waals surface area (Å²) < 4.78 is 0. The fraction of sp³-hybridized carbons (Fsp3) is 0.182. The second-order valence-electron chi connectivity index (χ2n) is 2.60. The maximum absolute atomic E-state index is 11.1. The van der Waals surface area contributed by atoms with E-state index < -0.39 is 0 Å². The highest BCUT2D eigenvalue weighted by Gasteiger charge is 1.94. The first-order valence-electron chi connectivity index (χ1n) is 4.19. The SMILES string of the molecule is O=C(C#CCBr)NCc1ccccc1. The maximum Gasteiger partial charge on any atom is 0.296 e. The van der Waals surface area contributed by atoms with Gasteiger partial charge in [0.2, 0.25) is 0 Å². The van der Waals surface area contributed by atoms with Crippen LogP contribution in [-0.2, 0) is 11.3 Å². The van der Waals surface area contributed by atoms with Crippen LogP contribution in [0.4, 0.5) is 0 Å². The van der Waals surface area contributed by atoms with Gasteiger partial charge in [-0.15, -0.1) is 0 Å². The molecule has 1 N–H and O–H groups in total. The smallest absolute Gasteiger partial charge is 0.296 e. The van der Waals surface area contributed by atoms with Gasteiger partial charge in [0.15, 0.2) is 0 Å². The Morgan fingerprint density at radius 3 is 2.71 bits per heavy atom. The van der Waals surface area contributed by atoms with Crippen LogP contribution >= 0.6 is 15.9 Å². The summed E-state index contributed by atoms with van der Waals surface area (Å²) in [6.07, 6.45) is 0. The Labute approximate surface area is 91.8 Å². The minimum absolute atomic E-state index is 0.242. The number of alkyl halides is 1. The predicted molar refractivity (Wildman–Crippen MR) is 59.9 cm³/mol. The lowest BCUT2D eigenvalue weighted by molar-refractivity contribution is -0.115. The van der Waals surface area contributed by atoms with Gasteiger partial charge >= 0.3 is 0 Å². The molecule has 0 aliphatic heterocycles. The van der Waals surface area contributed by atoms with Crippen LogP contribution in [0.15, 0.2) is 30.3 Å². The Hall–Kier alpha value is -1.27. The molecule has 1 amide bonds. The van der Waals surface area contributed by atoms with Crippen molar-refractivity contribution in [2.75, 3.05) is 5.33 Å². The molecule has 0 aromatic heterocycles. The molecule has 0 saturated carbocycles. The van der Waals surface area contributed by atoms with Crippen LogP contribution in [0.5, 0.6) is 0 Å². The van der Waals surface area contributed by atoms with Gasteiger partial charge in [-0.1, -0.05) is 52.2 Å². The van der Waals surface area contributed by atoms with Crippen LogP contribution in [0.25, 0.3) is 0 Å². The Kier molecular flexibility index (Phi) is 4.81. The standard InChI is InChI=1S/C11H10BrNO/c12-8-4-7-11(14)13-9-10-5-2-1-3-6-10/h1-3,5-6H,8-9H2,(H,13,14). The molecule has 0 unspecified atom stereocenters. The van der Waals surface area contributed by atoms with E-state index in [1.807, 2.05) is 30.3 Å². The highest BCUT2D eigenvalue weighted by atomic mass is 79.9. The second-order valence-corrected chi connectivity index (χ2v) is 3.16. The van der Waals surface area contributed by atoms with Gasteiger partial charge < -0.3 is 5.32 Å². The molecule has 0 saturated heterocycles. The van der Waals surface area contributed by atoms with Gasteiger partial charge in [0, 0.05) is 6.54 Å². The lowest BCUT2D eigenvalue weighted by Gasteiger charge is -1.99. The van der Waals surface area contributed by atoms with E-state index in [2.05, 4.69) is 33.1 Å². The zero-order chi connectivity index (χ0) is 10.2. The zero-order valence-electron chi connectivity index (χ0n) is 7.59. The average Bonchev–Trinajstić information content (AvgIpc) is 2.25. The van der Waals surface area contributed by atoms with Crippen molar-refractivity contribution in [1.82, 2.24) is 5.32 Å². The third-order valence-corrected chi connectivity index (χ3v) is 1.84. The van der Waals surface area contributed by atoms with E-state index in [-0.39, 0.29) is 5.91 Å². The quantitative estimate of drug-likeness (QED) is 0.630. The molecule has 0 fully saturated rings. The van der Waals surface area contributed by atoms with E-state index in [0.717, 1.165) is 5.56 Å². The number of benzene rings is 1. The molecular formula is C11H10BrNO. The zero-order valence-corrected chi connectivity index (χ0v) is 9.17. The number of nitrogens with one attached hydrogen (secondary N) is 1. The molecular weight excluding hydrogens is 242 g/mol. The lowest BCUT2D eigenvalue weighted by Crippen LogP contribution is -2.20. The number of hydrogen-bond acceptors (Lipinski definition) is 1. The number of amides is 1. The third-order valence-electron chi connectivity index (χ3n) is 1.56. The number of halogens is 1. The van der Waals surface area contributed by atoms with E-state index >= 15 is 0 Å². The first-order chi connectivity index (χ1) is 6.83. The highest BCUT2D eigenvalue weighted by molar-refractivity contribution is 9.09. The van der Waals surface area contributed by atoms with Crippen LogP contribution in [0.3, 0.4) is 0 Å². The second kappa shape index (κ2) is 6.22. The first-order valence-corrected chi connectivity index (χ1v) is 5.31. The van der Waals surface area contributed by atoms with Crippen molar-refractivity contribution >= 4 is 21.8 Å². The molecule has 14 heavy (non-hydrogen) atoms. The molecule has 0 heterocycles. The van der Waals surface area contributed by atoms with Gasteiger partial charge in [0.05, 0.1) is 5.33 Å². The fourth-order valence-electron chi connectivity index (χ4n) is 0.936. The van der Waals surface area contributed by atoms with E-state index in [1.54, 1.807) is 0 Å². The lowest BCUT2D eigenvalue weighted by atomic mass is 10.2. The number of carbonyl (C=O) groups is 1. The molecule has 0 aliphatic carbocycles. The van der Waals surface area contributed by atoms with Crippen molar-refractivity contribution in [3.05, 3.63) is 35.9 Å². The molecule has 1 aromatic rings. The summed E-state index contributed by atoms with van der Waals surface area (Å²) >= 11 is 3.12. The summed E-state index contributed by atoms with van der Waals surface area (Å²) in [5.74, 6) is 4.85. The number of hydrogen-bond donors (Lipinski definition) is 1. The Bertz CT molecular complexity index is 351. The molecule has 3 heteroatoms. The number of carbonyl (C=O) groups excluding carboxylic acids is 1. The summed E-state index contributed by atoms with van der Waals surface area (Å²) in [5.41, 5.74) is 1.07.